The van der Waals surface area contributed by atoms with Gasteiger partial charge in [0.1, 0.15) is 11.6 Å². The molecule has 2 aromatic rings. The van der Waals surface area contributed by atoms with Crippen LogP contribution in [0.25, 0.3) is 0 Å². The second kappa shape index (κ2) is 5.19. The van der Waals surface area contributed by atoms with Crippen molar-refractivity contribution in [3.63, 3.8) is 0 Å². The molecule has 0 aromatic heterocycles. The Bertz CT molecular complexity index is 596. The van der Waals surface area contributed by atoms with Gasteiger partial charge in [-0.15, -0.1) is 0 Å². The number of hydrogen-bond acceptors (Lipinski definition) is 2. The maximum absolute atomic E-state index is 13.0. The molecule has 0 spiro atoms. The first-order valence-electron chi connectivity index (χ1n) is 5.32. The number of rotatable bonds is 3. The minimum Gasteiger partial charge on any atom is -0.508 e. The predicted octanol–water partition coefficient (Wildman–Crippen LogP) is 3.61. The van der Waals surface area contributed by atoms with E-state index in [-0.39, 0.29) is 23.0 Å². The molecule has 0 aliphatic carbocycles. The van der Waals surface area contributed by atoms with Gasteiger partial charge in [-0.3, -0.25) is 4.79 Å². The molecule has 0 amide bonds. The lowest BCUT2D eigenvalue weighted by atomic mass is 10.0. The molecule has 18 heavy (non-hydrogen) atoms. The van der Waals surface area contributed by atoms with E-state index in [1.54, 1.807) is 12.1 Å². The molecule has 4 heteroatoms. The van der Waals surface area contributed by atoms with E-state index in [1.807, 2.05) is 0 Å². The highest BCUT2D eigenvalue weighted by atomic mass is 35.5. The predicted molar refractivity (Wildman–Crippen MR) is 67.6 cm³/mol. The summed E-state index contributed by atoms with van der Waals surface area (Å²) in [6.07, 6.45) is 0.135. The Labute approximate surface area is 109 Å². The van der Waals surface area contributed by atoms with Crippen LogP contribution in [0.2, 0.25) is 5.02 Å². The number of halogens is 2. The van der Waals surface area contributed by atoms with E-state index in [4.69, 9.17) is 11.6 Å². The average molecular weight is 265 g/mol. The Balaban J connectivity index is 2.19. The maximum Gasteiger partial charge on any atom is 0.167 e. The standard InChI is InChI=1S/C14H10ClFO2/c15-12-8-10(4-5-13(12)16)14(18)7-9-2-1-3-11(17)6-9/h1-6,8,17H,7H2. The molecule has 0 radical (unpaired) electrons. The quantitative estimate of drug-likeness (QED) is 0.860. The van der Waals surface area contributed by atoms with Crippen LogP contribution >= 0.6 is 11.6 Å². The number of aromatic hydroxyl groups is 1. The van der Waals surface area contributed by atoms with Crippen LogP contribution in [-0.2, 0) is 6.42 Å². The fourth-order valence-electron chi connectivity index (χ4n) is 1.62. The van der Waals surface area contributed by atoms with Crippen LogP contribution in [0.15, 0.2) is 42.5 Å². The van der Waals surface area contributed by atoms with Gasteiger partial charge in [-0.2, -0.15) is 0 Å². The molecular weight excluding hydrogens is 255 g/mol. The van der Waals surface area contributed by atoms with Crippen molar-refractivity contribution in [2.45, 2.75) is 6.42 Å². The highest BCUT2D eigenvalue weighted by molar-refractivity contribution is 6.31. The minimum atomic E-state index is -0.550. The molecule has 92 valence electrons. The molecule has 0 heterocycles. The van der Waals surface area contributed by atoms with E-state index in [9.17, 15) is 14.3 Å². The topological polar surface area (TPSA) is 37.3 Å². The zero-order chi connectivity index (χ0) is 13.1. The lowest BCUT2D eigenvalue weighted by Crippen LogP contribution is -2.03. The highest BCUT2D eigenvalue weighted by Crippen LogP contribution is 2.18. The van der Waals surface area contributed by atoms with E-state index in [0.717, 1.165) is 6.07 Å². The molecule has 0 aliphatic rings. The molecule has 0 saturated carbocycles. The second-order valence-corrected chi connectivity index (χ2v) is 4.31. The number of carbonyl (C=O) groups is 1. The van der Waals surface area contributed by atoms with Gasteiger partial charge in [0.05, 0.1) is 5.02 Å². The smallest absolute Gasteiger partial charge is 0.167 e. The van der Waals surface area contributed by atoms with Crippen molar-refractivity contribution < 1.29 is 14.3 Å². The van der Waals surface area contributed by atoms with Gasteiger partial charge in [0.25, 0.3) is 0 Å². The van der Waals surface area contributed by atoms with E-state index in [2.05, 4.69) is 0 Å². The summed E-state index contributed by atoms with van der Waals surface area (Å²) in [5.74, 6) is -0.620. The molecule has 2 aromatic carbocycles. The summed E-state index contributed by atoms with van der Waals surface area (Å²) in [5, 5.41) is 9.22. The monoisotopic (exact) mass is 264 g/mol. The van der Waals surface area contributed by atoms with Crippen LogP contribution in [0.1, 0.15) is 15.9 Å². The van der Waals surface area contributed by atoms with Gasteiger partial charge < -0.3 is 5.11 Å². The molecule has 1 N–H and O–H groups in total. The van der Waals surface area contributed by atoms with Crippen LogP contribution in [0.4, 0.5) is 4.39 Å². The van der Waals surface area contributed by atoms with Crippen molar-refractivity contribution >= 4 is 17.4 Å². The van der Waals surface area contributed by atoms with Gasteiger partial charge in [-0.1, -0.05) is 23.7 Å². The molecule has 0 unspecified atom stereocenters. The number of ketones is 1. The number of hydrogen-bond donors (Lipinski definition) is 1. The summed E-state index contributed by atoms with van der Waals surface area (Å²) in [4.78, 5) is 11.9. The first-order chi connectivity index (χ1) is 8.56. The normalized spacial score (nSPS) is 10.3. The van der Waals surface area contributed by atoms with Crippen molar-refractivity contribution in [1.82, 2.24) is 0 Å². The fourth-order valence-corrected chi connectivity index (χ4v) is 1.80. The van der Waals surface area contributed by atoms with Crippen LogP contribution in [0.3, 0.4) is 0 Å². The van der Waals surface area contributed by atoms with Crippen molar-refractivity contribution in [3.05, 3.63) is 64.4 Å². The third kappa shape index (κ3) is 2.87. The van der Waals surface area contributed by atoms with Crippen molar-refractivity contribution in [3.8, 4) is 5.75 Å². The summed E-state index contributed by atoms with van der Waals surface area (Å²) in [5.41, 5.74) is 1.05. The summed E-state index contributed by atoms with van der Waals surface area (Å²) < 4.78 is 13.0. The number of Topliss-reactive ketones (excluding diaryl/α,β-unsaturated/α-hetero) is 1. The second-order valence-electron chi connectivity index (χ2n) is 3.90. The van der Waals surface area contributed by atoms with Gasteiger partial charge >= 0.3 is 0 Å². The Morgan fingerprint density at radius 1 is 1.22 bits per heavy atom. The zero-order valence-corrected chi connectivity index (χ0v) is 10.1. The SMILES string of the molecule is O=C(Cc1cccc(O)c1)c1ccc(F)c(Cl)c1. The Hall–Kier alpha value is -1.87. The summed E-state index contributed by atoms with van der Waals surface area (Å²) in [7, 11) is 0. The molecular formula is C14H10ClFO2. The molecule has 0 aliphatic heterocycles. The Kier molecular flexibility index (Phi) is 3.63. The molecule has 0 bridgehead atoms. The summed E-state index contributed by atoms with van der Waals surface area (Å²) in [6.45, 7) is 0. The van der Waals surface area contributed by atoms with Gasteiger partial charge in [0, 0.05) is 12.0 Å². The van der Waals surface area contributed by atoms with Crippen LogP contribution in [0.5, 0.6) is 5.75 Å². The highest BCUT2D eigenvalue weighted by Gasteiger charge is 2.10. The minimum absolute atomic E-state index is 0.0724. The van der Waals surface area contributed by atoms with Gasteiger partial charge in [-0.25, -0.2) is 4.39 Å². The molecule has 0 fully saturated rings. The van der Waals surface area contributed by atoms with Crippen molar-refractivity contribution in [1.29, 1.82) is 0 Å². The van der Waals surface area contributed by atoms with E-state index >= 15 is 0 Å². The summed E-state index contributed by atoms with van der Waals surface area (Å²) >= 11 is 5.62. The number of carbonyl (C=O) groups excluding carboxylic acids is 1. The van der Waals surface area contributed by atoms with E-state index < -0.39 is 5.82 Å². The van der Waals surface area contributed by atoms with E-state index in [1.165, 1.54) is 24.3 Å². The van der Waals surface area contributed by atoms with Gasteiger partial charge in [-0.05, 0) is 35.9 Å². The third-order valence-corrected chi connectivity index (χ3v) is 2.81. The number of phenolic OH excluding ortho intramolecular Hbond substituents is 1. The molecule has 2 rings (SSSR count). The van der Waals surface area contributed by atoms with Gasteiger partial charge in [0.15, 0.2) is 5.78 Å². The van der Waals surface area contributed by atoms with Crippen LogP contribution in [0, 0.1) is 5.82 Å². The Morgan fingerprint density at radius 2 is 2.00 bits per heavy atom. The number of benzene rings is 2. The molecule has 0 atom stereocenters. The molecule has 2 nitrogen and oxygen atoms in total. The van der Waals surface area contributed by atoms with Crippen molar-refractivity contribution in [2.75, 3.05) is 0 Å². The number of phenols is 1. The lowest BCUT2D eigenvalue weighted by molar-refractivity contribution is 0.0993. The maximum atomic E-state index is 13.0. The van der Waals surface area contributed by atoms with E-state index in [0.29, 0.717) is 11.1 Å². The zero-order valence-electron chi connectivity index (χ0n) is 9.36. The largest absolute Gasteiger partial charge is 0.508 e. The van der Waals surface area contributed by atoms with Crippen LogP contribution in [-0.4, -0.2) is 10.9 Å². The first kappa shape index (κ1) is 12.6. The first-order valence-corrected chi connectivity index (χ1v) is 5.70. The molecule has 0 saturated heterocycles. The summed E-state index contributed by atoms with van der Waals surface area (Å²) in [6, 6.07) is 10.3. The lowest BCUT2D eigenvalue weighted by Gasteiger charge is -2.03. The Morgan fingerprint density at radius 3 is 2.67 bits per heavy atom. The average Bonchev–Trinajstić information content (AvgIpc) is 2.32. The van der Waals surface area contributed by atoms with Gasteiger partial charge in [0.2, 0.25) is 0 Å². The van der Waals surface area contributed by atoms with Crippen molar-refractivity contribution in [2.24, 2.45) is 0 Å². The third-order valence-electron chi connectivity index (χ3n) is 2.52. The fraction of sp³-hybridized carbons (Fsp3) is 0.0714. The van der Waals surface area contributed by atoms with Crippen LogP contribution < -0.4 is 0 Å².